The topological polar surface area (TPSA) is 54.9 Å². The first-order chi connectivity index (χ1) is 9.54. The molecule has 0 saturated heterocycles. The van der Waals surface area contributed by atoms with Crippen molar-refractivity contribution in [2.45, 2.75) is 31.2 Å². The molecule has 20 heavy (non-hydrogen) atoms. The lowest BCUT2D eigenvalue weighted by molar-refractivity contribution is -0.115. The van der Waals surface area contributed by atoms with Crippen LogP contribution >= 0.6 is 11.8 Å². The summed E-state index contributed by atoms with van der Waals surface area (Å²) in [6.45, 7) is 5.70. The smallest absolute Gasteiger partial charge is 0.237 e. The summed E-state index contributed by atoms with van der Waals surface area (Å²) in [6.07, 6.45) is 0. The van der Waals surface area contributed by atoms with E-state index in [1.165, 1.54) is 11.8 Å². The third-order valence-corrected chi connectivity index (χ3v) is 3.62. The summed E-state index contributed by atoms with van der Waals surface area (Å²) in [5.74, 6) is -0.0519. The second kappa shape index (κ2) is 6.52. The van der Waals surface area contributed by atoms with Crippen LogP contribution in [0.5, 0.6) is 0 Å². The van der Waals surface area contributed by atoms with Gasteiger partial charge in [0.05, 0.1) is 5.25 Å². The molecule has 0 radical (unpaired) electrons. The largest absolute Gasteiger partial charge is 0.325 e. The molecule has 2 rings (SSSR count). The van der Waals surface area contributed by atoms with E-state index < -0.39 is 0 Å². The van der Waals surface area contributed by atoms with Crippen LogP contribution in [0.3, 0.4) is 0 Å². The summed E-state index contributed by atoms with van der Waals surface area (Å²) in [5, 5.41) is 3.26. The highest BCUT2D eigenvalue weighted by Crippen LogP contribution is 2.21. The van der Waals surface area contributed by atoms with Gasteiger partial charge in [-0.05, 0) is 39.0 Å². The van der Waals surface area contributed by atoms with Crippen molar-refractivity contribution in [2.75, 3.05) is 5.32 Å². The lowest BCUT2D eigenvalue weighted by atomic mass is 10.3. The fourth-order valence-electron chi connectivity index (χ4n) is 1.72. The molecule has 0 spiro atoms. The van der Waals surface area contributed by atoms with E-state index >= 15 is 0 Å². The SMILES string of the molecule is Cc1cc(C)nc(S[C@H](C)C(=O)Nc2ccccc2)n1. The molecular weight excluding hydrogens is 270 g/mol. The van der Waals surface area contributed by atoms with Gasteiger partial charge in [0.1, 0.15) is 0 Å². The van der Waals surface area contributed by atoms with Crippen LogP contribution in [-0.4, -0.2) is 21.1 Å². The molecule has 0 aliphatic heterocycles. The number of rotatable bonds is 4. The first-order valence-corrected chi connectivity index (χ1v) is 7.27. The maximum absolute atomic E-state index is 12.1. The summed E-state index contributed by atoms with van der Waals surface area (Å²) in [7, 11) is 0. The molecule has 2 aromatic rings. The van der Waals surface area contributed by atoms with E-state index in [4.69, 9.17) is 0 Å². The Morgan fingerprint density at radius 1 is 1.15 bits per heavy atom. The van der Waals surface area contributed by atoms with E-state index in [-0.39, 0.29) is 11.2 Å². The van der Waals surface area contributed by atoms with Crippen LogP contribution in [0.4, 0.5) is 5.69 Å². The second-order valence-electron chi connectivity index (χ2n) is 4.55. The van der Waals surface area contributed by atoms with Crippen molar-refractivity contribution in [1.82, 2.24) is 9.97 Å². The molecule has 0 aliphatic rings. The number of carbonyl (C=O) groups excluding carboxylic acids is 1. The number of thioether (sulfide) groups is 1. The first-order valence-electron chi connectivity index (χ1n) is 6.39. The van der Waals surface area contributed by atoms with Crippen LogP contribution in [0.25, 0.3) is 0 Å². The molecular formula is C15H17N3OS. The summed E-state index contributed by atoms with van der Waals surface area (Å²) in [5.41, 5.74) is 2.62. The zero-order chi connectivity index (χ0) is 14.5. The number of carbonyl (C=O) groups is 1. The number of anilines is 1. The Morgan fingerprint density at radius 3 is 2.35 bits per heavy atom. The fraction of sp³-hybridized carbons (Fsp3) is 0.267. The minimum atomic E-state index is -0.253. The summed E-state index contributed by atoms with van der Waals surface area (Å²) in [6, 6.07) is 11.3. The van der Waals surface area contributed by atoms with E-state index in [0.717, 1.165) is 17.1 Å². The number of nitrogens with zero attached hydrogens (tertiary/aromatic N) is 2. The lowest BCUT2D eigenvalue weighted by Gasteiger charge is -2.11. The molecule has 1 aromatic heterocycles. The number of aromatic nitrogens is 2. The van der Waals surface area contributed by atoms with Crippen molar-refractivity contribution in [1.29, 1.82) is 0 Å². The third-order valence-electron chi connectivity index (χ3n) is 2.65. The Bertz CT molecular complexity index is 581. The van der Waals surface area contributed by atoms with Crippen LogP contribution in [-0.2, 0) is 4.79 Å². The molecule has 1 amide bonds. The van der Waals surface area contributed by atoms with E-state index in [0.29, 0.717) is 5.16 Å². The zero-order valence-corrected chi connectivity index (χ0v) is 12.6. The van der Waals surface area contributed by atoms with Gasteiger partial charge in [-0.2, -0.15) is 0 Å². The summed E-state index contributed by atoms with van der Waals surface area (Å²) < 4.78 is 0. The molecule has 1 N–H and O–H groups in total. The minimum absolute atomic E-state index is 0.0519. The second-order valence-corrected chi connectivity index (χ2v) is 5.86. The standard InChI is InChI=1S/C15H17N3OS/c1-10-9-11(2)17-15(16-10)20-12(3)14(19)18-13-7-5-4-6-8-13/h4-9,12H,1-3H3,(H,18,19)/t12-/m1/s1. The van der Waals surface area contributed by atoms with Crippen molar-refractivity contribution >= 4 is 23.4 Å². The van der Waals surface area contributed by atoms with Crippen molar-refractivity contribution in [2.24, 2.45) is 0 Å². The zero-order valence-electron chi connectivity index (χ0n) is 11.8. The number of para-hydroxylation sites is 1. The van der Waals surface area contributed by atoms with Gasteiger partial charge >= 0.3 is 0 Å². The average molecular weight is 287 g/mol. The minimum Gasteiger partial charge on any atom is -0.325 e. The summed E-state index contributed by atoms with van der Waals surface area (Å²) >= 11 is 1.36. The van der Waals surface area contributed by atoms with Gasteiger partial charge in [0.15, 0.2) is 5.16 Å². The Hall–Kier alpha value is -1.88. The maximum Gasteiger partial charge on any atom is 0.237 e. The molecule has 5 heteroatoms. The highest BCUT2D eigenvalue weighted by Gasteiger charge is 2.16. The lowest BCUT2D eigenvalue weighted by Crippen LogP contribution is -2.22. The van der Waals surface area contributed by atoms with Crippen LogP contribution in [0.15, 0.2) is 41.6 Å². The van der Waals surface area contributed by atoms with Gasteiger partial charge in [-0.25, -0.2) is 9.97 Å². The predicted molar refractivity (Wildman–Crippen MR) is 81.9 cm³/mol. The van der Waals surface area contributed by atoms with E-state index in [9.17, 15) is 4.79 Å². The van der Waals surface area contributed by atoms with Crippen molar-refractivity contribution in [3.8, 4) is 0 Å². The molecule has 0 unspecified atom stereocenters. The molecule has 1 atom stereocenters. The number of hydrogen-bond acceptors (Lipinski definition) is 4. The highest BCUT2D eigenvalue weighted by atomic mass is 32.2. The Balaban J connectivity index is 2.00. The average Bonchev–Trinajstić information content (AvgIpc) is 2.38. The normalized spacial score (nSPS) is 11.9. The third kappa shape index (κ3) is 4.06. The Kier molecular flexibility index (Phi) is 4.74. The number of benzene rings is 1. The van der Waals surface area contributed by atoms with Gasteiger partial charge < -0.3 is 5.32 Å². The quantitative estimate of drug-likeness (QED) is 0.693. The van der Waals surface area contributed by atoms with Crippen LogP contribution < -0.4 is 5.32 Å². The molecule has 0 fully saturated rings. The first kappa shape index (κ1) is 14.5. The van der Waals surface area contributed by atoms with Gasteiger partial charge in [0.25, 0.3) is 0 Å². The van der Waals surface area contributed by atoms with Gasteiger partial charge in [-0.1, -0.05) is 30.0 Å². The number of aryl methyl sites for hydroxylation is 2. The molecule has 1 heterocycles. The van der Waals surface area contributed by atoms with Crippen LogP contribution in [0, 0.1) is 13.8 Å². The van der Waals surface area contributed by atoms with Gasteiger partial charge in [-0.15, -0.1) is 0 Å². The van der Waals surface area contributed by atoms with Crippen LogP contribution in [0.2, 0.25) is 0 Å². The number of nitrogens with one attached hydrogen (secondary N) is 1. The number of hydrogen-bond donors (Lipinski definition) is 1. The highest BCUT2D eigenvalue weighted by molar-refractivity contribution is 8.00. The molecule has 104 valence electrons. The van der Waals surface area contributed by atoms with Crippen molar-refractivity contribution < 1.29 is 4.79 Å². The van der Waals surface area contributed by atoms with Crippen molar-refractivity contribution in [3.05, 3.63) is 47.8 Å². The van der Waals surface area contributed by atoms with Gasteiger partial charge in [-0.3, -0.25) is 4.79 Å². The Labute approximate surface area is 123 Å². The van der Waals surface area contributed by atoms with Crippen molar-refractivity contribution in [3.63, 3.8) is 0 Å². The predicted octanol–water partition coefficient (Wildman–Crippen LogP) is 3.21. The fourth-order valence-corrected chi connectivity index (χ4v) is 2.60. The van der Waals surface area contributed by atoms with E-state index in [1.807, 2.05) is 57.2 Å². The number of amides is 1. The molecule has 1 aromatic carbocycles. The molecule has 0 bridgehead atoms. The molecule has 4 nitrogen and oxygen atoms in total. The van der Waals surface area contributed by atoms with Gasteiger partial charge in [0, 0.05) is 17.1 Å². The Morgan fingerprint density at radius 2 is 1.75 bits per heavy atom. The molecule has 0 saturated carbocycles. The summed E-state index contributed by atoms with van der Waals surface area (Å²) in [4.78, 5) is 20.8. The molecule has 0 aliphatic carbocycles. The van der Waals surface area contributed by atoms with E-state index in [2.05, 4.69) is 15.3 Å². The monoisotopic (exact) mass is 287 g/mol. The van der Waals surface area contributed by atoms with Crippen LogP contribution in [0.1, 0.15) is 18.3 Å². The van der Waals surface area contributed by atoms with E-state index in [1.54, 1.807) is 0 Å². The maximum atomic E-state index is 12.1. The van der Waals surface area contributed by atoms with Gasteiger partial charge in [0.2, 0.25) is 5.91 Å².